The maximum absolute atomic E-state index is 11.7. The Labute approximate surface area is 188 Å². The second-order valence-electron chi connectivity index (χ2n) is 9.01. The summed E-state index contributed by atoms with van der Waals surface area (Å²) in [5, 5.41) is 13.0. The topological polar surface area (TPSA) is 66.2 Å². The van der Waals surface area contributed by atoms with Crippen LogP contribution in [0.15, 0.2) is 41.2 Å². The highest BCUT2D eigenvalue weighted by atomic mass is 16.5. The van der Waals surface area contributed by atoms with Crippen LogP contribution in [0.2, 0.25) is 0 Å². The van der Waals surface area contributed by atoms with E-state index < -0.39 is 6.10 Å². The number of fused-ring (bicyclic) bond motifs is 2. The van der Waals surface area contributed by atoms with Crippen LogP contribution in [0.1, 0.15) is 44.3 Å². The first-order chi connectivity index (χ1) is 15.5. The van der Waals surface area contributed by atoms with E-state index >= 15 is 0 Å². The summed E-state index contributed by atoms with van der Waals surface area (Å²) >= 11 is 0. The first-order valence-corrected chi connectivity index (χ1v) is 11.4. The number of cyclic esters (lactones) is 1. The van der Waals surface area contributed by atoms with E-state index in [-0.39, 0.29) is 5.97 Å². The zero-order valence-electron chi connectivity index (χ0n) is 18.8. The smallest absolute Gasteiger partial charge is 0.338 e. The molecule has 1 saturated heterocycles. The van der Waals surface area contributed by atoms with Crippen molar-refractivity contribution in [3.8, 4) is 0 Å². The quantitative estimate of drug-likeness (QED) is 0.598. The van der Waals surface area contributed by atoms with E-state index in [1.165, 1.54) is 11.1 Å². The lowest BCUT2D eigenvalue weighted by molar-refractivity contribution is 0.0534. The maximum Gasteiger partial charge on any atom is 0.338 e. The fourth-order valence-corrected chi connectivity index (χ4v) is 5.05. The standard InChI is InChI=1S/C26H30N2O4/c1-17-19(3-6-22-24(17)16-32-26(22)30)7-8-27-9-11-28(12-10-27)13-25(29)21-5-4-20-14-31-15-23(20)18(21)2/h3-6,14-15,25,29H,7-13,16H2,1-2H3/t25-/m1/s1. The predicted molar refractivity (Wildman–Crippen MR) is 123 cm³/mol. The van der Waals surface area contributed by atoms with Crippen molar-refractivity contribution in [2.45, 2.75) is 33.0 Å². The number of aliphatic hydroxyl groups is 1. The fraction of sp³-hybridized carbons (Fsp3) is 0.423. The van der Waals surface area contributed by atoms with Gasteiger partial charge in [0, 0.05) is 55.6 Å². The molecular formula is C26H30N2O4. The van der Waals surface area contributed by atoms with E-state index in [2.05, 4.69) is 29.7 Å². The summed E-state index contributed by atoms with van der Waals surface area (Å²) < 4.78 is 10.5. The highest BCUT2D eigenvalue weighted by molar-refractivity contribution is 5.94. The fourth-order valence-electron chi connectivity index (χ4n) is 5.05. The Hall–Kier alpha value is -2.67. The Morgan fingerprint density at radius 3 is 2.59 bits per heavy atom. The molecule has 0 radical (unpaired) electrons. The van der Waals surface area contributed by atoms with Crippen molar-refractivity contribution in [1.82, 2.24) is 9.80 Å². The van der Waals surface area contributed by atoms with E-state index in [4.69, 9.17) is 9.15 Å². The number of ether oxygens (including phenoxy) is 1. The molecule has 2 aromatic carbocycles. The van der Waals surface area contributed by atoms with Gasteiger partial charge in [0.05, 0.1) is 24.2 Å². The van der Waals surface area contributed by atoms with Gasteiger partial charge in [0.2, 0.25) is 0 Å². The van der Waals surface area contributed by atoms with Crippen LogP contribution in [0, 0.1) is 13.8 Å². The number of carbonyl (C=O) groups is 1. The molecule has 0 unspecified atom stereocenters. The van der Waals surface area contributed by atoms with Crippen LogP contribution >= 0.6 is 0 Å². The zero-order valence-corrected chi connectivity index (χ0v) is 18.8. The number of benzene rings is 2. The van der Waals surface area contributed by atoms with Gasteiger partial charge < -0.3 is 19.2 Å². The van der Waals surface area contributed by atoms with Crippen molar-refractivity contribution in [3.63, 3.8) is 0 Å². The van der Waals surface area contributed by atoms with E-state index in [1.807, 2.05) is 18.2 Å². The monoisotopic (exact) mass is 434 g/mol. The third-order valence-electron chi connectivity index (χ3n) is 7.20. The summed E-state index contributed by atoms with van der Waals surface area (Å²) in [6.07, 6.45) is 3.97. The average molecular weight is 435 g/mol. The molecule has 0 amide bonds. The number of aliphatic hydroxyl groups excluding tert-OH is 1. The minimum atomic E-state index is -0.500. The van der Waals surface area contributed by atoms with E-state index in [1.54, 1.807) is 12.5 Å². The second kappa shape index (κ2) is 8.70. The molecule has 6 heteroatoms. The predicted octanol–water partition coefficient (Wildman–Crippen LogP) is 3.61. The van der Waals surface area contributed by atoms with Crippen LogP contribution < -0.4 is 0 Å². The van der Waals surface area contributed by atoms with Gasteiger partial charge >= 0.3 is 5.97 Å². The lowest BCUT2D eigenvalue weighted by Gasteiger charge is -2.36. The highest BCUT2D eigenvalue weighted by Gasteiger charge is 2.25. The molecular weight excluding hydrogens is 404 g/mol. The van der Waals surface area contributed by atoms with Crippen molar-refractivity contribution >= 4 is 16.7 Å². The molecule has 1 aromatic heterocycles. The number of furan rings is 1. The number of esters is 1. The Morgan fingerprint density at radius 1 is 1.00 bits per heavy atom. The Morgan fingerprint density at radius 2 is 1.78 bits per heavy atom. The number of β-amino-alcohol motifs (C(OH)–C–C–N with tert-alkyl or cyclic N) is 1. The molecule has 2 aliphatic rings. The van der Waals surface area contributed by atoms with Crippen LogP contribution in [-0.2, 0) is 17.8 Å². The molecule has 0 bridgehead atoms. The maximum atomic E-state index is 11.7. The van der Waals surface area contributed by atoms with Gasteiger partial charge in [-0.15, -0.1) is 0 Å². The van der Waals surface area contributed by atoms with Gasteiger partial charge in [-0.1, -0.05) is 18.2 Å². The van der Waals surface area contributed by atoms with Crippen LogP contribution in [0.5, 0.6) is 0 Å². The number of aryl methyl sites for hydroxylation is 1. The molecule has 3 heterocycles. The number of hydrogen-bond donors (Lipinski definition) is 1. The van der Waals surface area contributed by atoms with Crippen molar-refractivity contribution in [2.75, 3.05) is 39.3 Å². The number of nitrogens with zero attached hydrogens (tertiary/aromatic N) is 2. The summed E-state index contributed by atoms with van der Waals surface area (Å²) in [7, 11) is 0. The molecule has 1 fully saturated rings. The lowest BCUT2D eigenvalue weighted by atomic mass is 9.96. The molecule has 3 aromatic rings. The Balaban J connectivity index is 1.14. The van der Waals surface area contributed by atoms with Crippen LogP contribution in [0.4, 0.5) is 0 Å². The van der Waals surface area contributed by atoms with Gasteiger partial charge in [-0.05, 0) is 48.6 Å². The third-order valence-corrected chi connectivity index (χ3v) is 7.20. The largest absolute Gasteiger partial charge is 0.471 e. The summed E-state index contributed by atoms with van der Waals surface area (Å²) in [4.78, 5) is 16.6. The van der Waals surface area contributed by atoms with Gasteiger partial charge in [0.15, 0.2) is 0 Å². The van der Waals surface area contributed by atoms with Crippen LogP contribution in [0.25, 0.3) is 10.8 Å². The number of hydrogen-bond acceptors (Lipinski definition) is 6. The summed E-state index contributed by atoms with van der Waals surface area (Å²) in [5.74, 6) is -0.201. The SMILES string of the molecule is Cc1c(CCN2CCN(C[C@@H](O)c3ccc4cocc4c3C)CC2)ccc2c1COC2=O. The molecule has 5 rings (SSSR count). The number of carbonyl (C=O) groups excluding carboxylic acids is 1. The second-order valence-corrected chi connectivity index (χ2v) is 9.01. The summed E-state index contributed by atoms with van der Waals surface area (Å²) in [6, 6.07) is 8.03. The Bertz CT molecular complexity index is 1140. The molecule has 0 saturated carbocycles. The first-order valence-electron chi connectivity index (χ1n) is 11.4. The van der Waals surface area contributed by atoms with Crippen molar-refractivity contribution < 1.29 is 19.1 Å². The summed E-state index contributed by atoms with van der Waals surface area (Å²) in [6.45, 7) is 10.1. The number of rotatable bonds is 6. The van der Waals surface area contributed by atoms with Crippen LogP contribution in [-0.4, -0.2) is 60.1 Å². The minimum absolute atomic E-state index is 0.201. The molecule has 0 aliphatic carbocycles. The van der Waals surface area contributed by atoms with Crippen molar-refractivity contribution in [2.24, 2.45) is 0 Å². The molecule has 0 spiro atoms. The van der Waals surface area contributed by atoms with Gasteiger partial charge in [-0.25, -0.2) is 4.79 Å². The van der Waals surface area contributed by atoms with E-state index in [9.17, 15) is 9.90 Å². The van der Waals surface area contributed by atoms with Gasteiger partial charge in [-0.2, -0.15) is 0 Å². The molecule has 2 aliphatic heterocycles. The normalized spacial score (nSPS) is 18.2. The van der Waals surface area contributed by atoms with Crippen LogP contribution in [0.3, 0.4) is 0 Å². The minimum Gasteiger partial charge on any atom is -0.471 e. The zero-order chi connectivity index (χ0) is 22.2. The van der Waals surface area contributed by atoms with Gasteiger partial charge in [-0.3, -0.25) is 4.90 Å². The molecule has 32 heavy (non-hydrogen) atoms. The molecule has 168 valence electrons. The lowest BCUT2D eigenvalue weighted by Crippen LogP contribution is -2.48. The Kier molecular flexibility index (Phi) is 5.76. The first kappa shape index (κ1) is 21.2. The number of piperazine rings is 1. The van der Waals surface area contributed by atoms with Gasteiger partial charge in [0.25, 0.3) is 0 Å². The molecule has 1 atom stereocenters. The summed E-state index contributed by atoms with van der Waals surface area (Å²) in [5.41, 5.74) is 6.34. The van der Waals surface area contributed by atoms with E-state index in [0.717, 1.165) is 72.2 Å². The molecule has 6 nitrogen and oxygen atoms in total. The average Bonchev–Trinajstić information content (AvgIpc) is 3.42. The van der Waals surface area contributed by atoms with Gasteiger partial charge in [0.1, 0.15) is 6.61 Å². The van der Waals surface area contributed by atoms with Crippen molar-refractivity contribution in [3.05, 3.63) is 70.2 Å². The highest BCUT2D eigenvalue weighted by Crippen LogP contribution is 2.28. The van der Waals surface area contributed by atoms with E-state index in [0.29, 0.717) is 13.2 Å². The third kappa shape index (κ3) is 3.94. The molecule has 1 N–H and O–H groups in total. The van der Waals surface area contributed by atoms with Crippen molar-refractivity contribution in [1.29, 1.82) is 0 Å².